The van der Waals surface area contributed by atoms with Crippen LogP contribution in [-0.4, -0.2) is 41.8 Å². The van der Waals surface area contributed by atoms with Crippen LogP contribution in [0.4, 0.5) is 4.39 Å². The standard InChI is InChI=1S/C22H25FN2O/c23-21-7-5-18(6-8-21)22(26)16-24-11-9-17(10-12-24)13-25-14-19-3-1-2-4-20(19)15-25/h1-8,17H,9-16H2. The first-order valence-electron chi connectivity index (χ1n) is 9.47. The fraction of sp³-hybridized carbons (Fsp3) is 0.409. The van der Waals surface area contributed by atoms with Crippen LogP contribution in [0.15, 0.2) is 48.5 Å². The summed E-state index contributed by atoms with van der Waals surface area (Å²) in [5.41, 5.74) is 3.54. The molecule has 2 aromatic carbocycles. The molecule has 0 atom stereocenters. The lowest BCUT2D eigenvalue weighted by atomic mass is 9.96. The van der Waals surface area contributed by atoms with Crippen LogP contribution >= 0.6 is 0 Å². The third kappa shape index (κ3) is 4.02. The lowest BCUT2D eigenvalue weighted by molar-refractivity contribution is 0.0875. The van der Waals surface area contributed by atoms with Crippen LogP contribution in [0.2, 0.25) is 0 Å². The van der Waals surface area contributed by atoms with E-state index in [9.17, 15) is 9.18 Å². The van der Waals surface area contributed by atoms with Crippen molar-refractivity contribution in [2.45, 2.75) is 25.9 Å². The Morgan fingerprint density at radius 2 is 1.54 bits per heavy atom. The lowest BCUT2D eigenvalue weighted by Crippen LogP contribution is -2.40. The number of hydrogen-bond acceptors (Lipinski definition) is 3. The molecule has 136 valence electrons. The molecule has 0 radical (unpaired) electrons. The van der Waals surface area contributed by atoms with Crippen molar-refractivity contribution in [2.24, 2.45) is 5.92 Å². The highest BCUT2D eigenvalue weighted by Crippen LogP contribution is 2.26. The average Bonchev–Trinajstić information content (AvgIpc) is 3.06. The zero-order valence-corrected chi connectivity index (χ0v) is 15.0. The summed E-state index contributed by atoms with van der Waals surface area (Å²) in [4.78, 5) is 17.1. The molecule has 2 aliphatic rings. The molecule has 1 saturated heterocycles. The zero-order chi connectivity index (χ0) is 17.9. The van der Waals surface area contributed by atoms with Crippen molar-refractivity contribution in [1.29, 1.82) is 0 Å². The van der Waals surface area contributed by atoms with Gasteiger partial charge in [-0.25, -0.2) is 4.39 Å². The van der Waals surface area contributed by atoms with Crippen molar-refractivity contribution >= 4 is 5.78 Å². The lowest BCUT2D eigenvalue weighted by Gasteiger charge is -2.33. The Morgan fingerprint density at radius 1 is 0.923 bits per heavy atom. The number of likely N-dealkylation sites (tertiary alicyclic amines) is 1. The van der Waals surface area contributed by atoms with E-state index in [1.165, 1.54) is 23.3 Å². The summed E-state index contributed by atoms with van der Waals surface area (Å²) in [7, 11) is 0. The predicted octanol–water partition coefficient (Wildman–Crippen LogP) is 3.74. The highest BCUT2D eigenvalue weighted by atomic mass is 19.1. The Kier molecular flexibility index (Phi) is 5.14. The Balaban J connectivity index is 1.23. The number of fused-ring (bicyclic) bond motifs is 1. The first kappa shape index (κ1) is 17.4. The van der Waals surface area contributed by atoms with E-state index in [1.807, 2.05) is 0 Å². The van der Waals surface area contributed by atoms with Crippen molar-refractivity contribution < 1.29 is 9.18 Å². The van der Waals surface area contributed by atoms with Crippen LogP contribution in [0.1, 0.15) is 34.3 Å². The Morgan fingerprint density at radius 3 is 2.15 bits per heavy atom. The van der Waals surface area contributed by atoms with Crippen molar-refractivity contribution in [2.75, 3.05) is 26.2 Å². The largest absolute Gasteiger partial charge is 0.296 e. The van der Waals surface area contributed by atoms with Gasteiger partial charge in [-0.1, -0.05) is 24.3 Å². The van der Waals surface area contributed by atoms with E-state index < -0.39 is 0 Å². The van der Waals surface area contributed by atoms with Gasteiger partial charge in [-0.05, 0) is 67.2 Å². The molecular formula is C22H25FN2O. The number of Topliss-reactive ketones (excluding diaryl/α,β-unsaturated/α-hetero) is 1. The number of rotatable bonds is 5. The molecule has 0 unspecified atom stereocenters. The molecule has 26 heavy (non-hydrogen) atoms. The third-order valence-corrected chi connectivity index (χ3v) is 5.66. The minimum Gasteiger partial charge on any atom is -0.296 e. The molecule has 0 amide bonds. The van der Waals surface area contributed by atoms with Gasteiger partial charge in [0.25, 0.3) is 0 Å². The Hall–Kier alpha value is -2.04. The molecule has 2 heterocycles. The summed E-state index contributed by atoms with van der Waals surface area (Å²) in [5, 5.41) is 0. The summed E-state index contributed by atoms with van der Waals surface area (Å²) in [6.07, 6.45) is 2.28. The van der Waals surface area contributed by atoms with Crippen molar-refractivity contribution in [1.82, 2.24) is 9.80 Å². The molecule has 4 rings (SSSR count). The van der Waals surface area contributed by atoms with Gasteiger partial charge in [-0.3, -0.25) is 14.6 Å². The van der Waals surface area contributed by atoms with E-state index in [1.54, 1.807) is 12.1 Å². The first-order valence-corrected chi connectivity index (χ1v) is 9.47. The molecule has 2 aromatic rings. The maximum atomic E-state index is 13.0. The van der Waals surface area contributed by atoms with E-state index in [2.05, 4.69) is 34.1 Å². The van der Waals surface area contributed by atoms with Crippen LogP contribution in [-0.2, 0) is 13.1 Å². The van der Waals surface area contributed by atoms with Gasteiger partial charge in [0, 0.05) is 25.2 Å². The SMILES string of the molecule is O=C(CN1CCC(CN2Cc3ccccc3C2)CC1)c1ccc(F)cc1. The minimum atomic E-state index is -0.300. The molecule has 1 fully saturated rings. The van der Waals surface area contributed by atoms with Gasteiger partial charge in [-0.15, -0.1) is 0 Å². The van der Waals surface area contributed by atoms with Crippen LogP contribution < -0.4 is 0 Å². The normalized spacial score (nSPS) is 18.8. The summed E-state index contributed by atoms with van der Waals surface area (Å²) >= 11 is 0. The monoisotopic (exact) mass is 352 g/mol. The van der Waals surface area contributed by atoms with E-state index >= 15 is 0 Å². The second-order valence-electron chi connectivity index (χ2n) is 7.59. The van der Waals surface area contributed by atoms with E-state index in [0.717, 1.165) is 45.6 Å². The number of halogens is 1. The van der Waals surface area contributed by atoms with Gasteiger partial charge in [-0.2, -0.15) is 0 Å². The number of carbonyl (C=O) groups excluding carboxylic acids is 1. The fourth-order valence-electron chi connectivity index (χ4n) is 4.16. The summed E-state index contributed by atoms with van der Waals surface area (Å²) in [6, 6.07) is 14.6. The number of hydrogen-bond donors (Lipinski definition) is 0. The average molecular weight is 352 g/mol. The Labute approximate surface area is 154 Å². The van der Waals surface area contributed by atoms with E-state index in [-0.39, 0.29) is 11.6 Å². The molecule has 0 spiro atoms. The van der Waals surface area contributed by atoms with Crippen molar-refractivity contribution in [3.05, 3.63) is 71.0 Å². The molecule has 4 heteroatoms. The highest BCUT2D eigenvalue weighted by Gasteiger charge is 2.25. The van der Waals surface area contributed by atoms with Crippen LogP contribution in [0.5, 0.6) is 0 Å². The topological polar surface area (TPSA) is 23.6 Å². The van der Waals surface area contributed by atoms with Crippen LogP contribution in [0.3, 0.4) is 0 Å². The van der Waals surface area contributed by atoms with Crippen molar-refractivity contribution in [3.8, 4) is 0 Å². The molecular weight excluding hydrogens is 327 g/mol. The number of carbonyl (C=O) groups is 1. The fourth-order valence-corrected chi connectivity index (χ4v) is 4.16. The predicted molar refractivity (Wildman–Crippen MR) is 100 cm³/mol. The Bertz CT molecular complexity index is 741. The maximum Gasteiger partial charge on any atom is 0.176 e. The molecule has 2 aliphatic heterocycles. The zero-order valence-electron chi connectivity index (χ0n) is 15.0. The molecule has 0 N–H and O–H groups in total. The third-order valence-electron chi connectivity index (χ3n) is 5.66. The van der Waals surface area contributed by atoms with Crippen LogP contribution in [0.25, 0.3) is 0 Å². The summed E-state index contributed by atoms with van der Waals surface area (Å²) in [5.74, 6) is 0.492. The second kappa shape index (κ2) is 7.68. The number of piperidine rings is 1. The molecule has 3 nitrogen and oxygen atoms in total. The summed E-state index contributed by atoms with van der Waals surface area (Å²) in [6.45, 7) is 5.66. The van der Waals surface area contributed by atoms with Gasteiger partial charge < -0.3 is 0 Å². The quantitative estimate of drug-likeness (QED) is 0.766. The second-order valence-corrected chi connectivity index (χ2v) is 7.59. The maximum absolute atomic E-state index is 13.0. The number of ketones is 1. The summed E-state index contributed by atoms with van der Waals surface area (Å²) < 4.78 is 13.0. The van der Waals surface area contributed by atoms with E-state index in [4.69, 9.17) is 0 Å². The molecule has 0 aromatic heterocycles. The molecule has 0 bridgehead atoms. The molecule has 0 aliphatic carbocycles. The van der Waals surface area contributed by atoms with Gasteiger partial charge in [0.1, 0.15) is 5.82 Å². The van der Waals surface area contributed by atoms with Crippen LogP contribution in [0, 0.1) is 11.7 Å². The van der Waals surface area contributed by atoms with Gasteiger partial charge in [0.15, 0.2) is 5.78 Å². The number of nitrogens with zero attached hydrogens (tertiary/aromatic N) is 2. The smallest absolute Gasteiger partial charge is 0.176 e. The van der Waals surface area contributed by atoms with Gasteiger partial charge in [0.05, 0.1) is 6.54 Å². The number of benzene rings is 2. The molecule has 0 saturated carbocycles. The van der Waals surface area contributed by atoms with Gasteiger partial charge >= 0.3 is 0 Å². The van der Waals surface area contributed by atoms with Crippen molar-refractivity contribution in [3.63, 3.8) is 0 Å². The van der Waals surface area contributed by atoms with Gasteiger partial charge in [0.2, 0.25) is 0 Å². The minimum absolute atomic E-state index is 0.0819. The first-order chi connectivity index (χ1) is 12.7. The van der Waals surface area contributed by atoms with E-state index in [0.29, 0.717) is 18.0 Å². The highest BCUT2D eigenvalue weighted by molar-refractivity contribution is 5.97.